The van der Waals surface area contributed by atoms with Gasteiger partial charge in [0.25, 0.3) is 0 Å². The Hall–Kier alpha value is -2.54. The summed E-state index contributed by atoms with van der Waals surface area (Å²) >= 11 is 0. The van der Waals surface area contributed by atoms with Gasteiger partial charge in [-0.2, -0.15) is 5.26 Å². The van der Waals surface area contributed by atoms with E-state index in [-0.39, 0.29) is 16.8 Å². The van der Waals surface area contributed by atoms with E-state index in [1.807, 2.05) is 46.8 Å². The maximum Gasteiger partial charge on any atom is 0.178 e. The van der Waals surface area contributed by atoms with Crippen molar-refractivity contribution in [3.05, 3.63) is 40.7 Å². The molecule has 1 aliphatic rings. The molecule has 0 atom stereocenters. The van der Waals surface area contributed by atoms with Gasteiger partial charge in [0.05, 0.1) is 18.9 Å². The molecule has 1 aromatic carbocycles. The quantitative estimate of drug-likeness (QED) is 0.396. The number of nitrogens with zero attached hydrogens (tertiary/aromatic N) is 1. The summed E-state index contributed by atoms with van der Waals surface area (Å²) in [5.41, 5.74) is 3.20. The summed E-state index contributed by atoms with van der Waals surface area (Å²) in [6, 6.07) is 6.03. The summed E-state index contributed by atoms with van der Waals surface area (Å²) in [5, 5.41) is 9.77. The van der Waals surface area contributed by atoms with Crippen molar-refractivity contribution in [2.75, 3.05) is 7.11 Å². The monoisotopic (exact) mass is 367 g/mol. The van der Waals surface area contributed by atoms with Gasteiger partial charge in [-0.05, 0) is 60.1 Å². The van der Waals surface area contributed by atoms with Crippen LogP contribution in [0.1, 0.15) is 66.0 Å². The van der Waals surface area contributed by atoms with Gasteiger partial charge >= 0.3 is 0 Å². The Morgan fingerprint density at radius 2 is 1.85 bits per heavy atom. The lowest BCUT2D eigenvalue weighted by molar-refractivity contribution is -0.122. The molecule has 27 heavy (non-hydrogen) atoms. The average Bonchev–Trinajstić information content (AvgIpc) is 2.82. The standard InChI is InChI=1S/C23H29NO3/c1-14(2)13-27-20-9-15-16(17(12-24)21(25)22(3,4)5)11-23(6,7)18(15)10-19(20)26-8/h9-10,13H,11H2,1-8H3/b17-16+. The van der Waals surface area contributed by atoms with Gasteiger partial charge in [-0.1, -0.05) is 34.6 Å². The molecule has 0 fully saturated rings. The Morgan fingerprint density at radius 1 is 1.22 bits per heavy atom. The lowest BCUT2D eigenvalue weighted by Crippen LogP contribution is -2.22. The summed E-state index contributed by atoms with van der Waals surface area (Å²) in [7, 11) is 1.61. The molecule has 4 heteroatoms. The van der Waals surface area contributed by atoms with Crippen LogP contribution in [0.5, 0.6) is 11.5 Å². The minimum Gasteiger partial charge on any atom is -0.493 e. The second kappa shape index (κ2) is 7.23. The molecular weight excluding hydrogens is 338 g/mol. The predicted molar refractivity (Wildman–Crippen MR) is 108 cm³/mol. The lowest BCUT2D eigenvalue weighted by atomic mass is 9.83. The number of allylic oxidation sites excluding steroid dienone is 3. The van der Waals surface area contributed by atoms with Crippen molar-refractivity contribution in [1.29, 1.82) is 5.26 Å². The molecule has 0 saturated carbocycles. The van der Waals surface area contributed by atoms with Crippen molar-refractivity contribution in [3.8, 4) is 17.6 Å². The maximum absolute atomic E-state index is 12.9. The number of rotatable bonds is 4. The predicted octanol–water partition coefficient (Wildman–Crippen LogP) is 5.57. The normalized spacial score (nSPS) is 16.9. The fourth-order valence-electron chi connectivity index (χ4n) is 3.29. The van der Waals surface area contributed by atoms with Crippen LogP contribution in [-0.2, 0) is 10.2 Å². The van der Waals surface area contributed by atoms with Gasteiger partial charge in [-0.25, -0.2) is 0 Å². The highest BCUT2D eigenvalue weighted by Gasteiger charge is 2.39. The van der Waals surface area contributed by atoms with Crippen molar-refractivity contribution >= 4 is 11.4 Å². The van der Waals surface area contributed by atoms with Gasteiger partial charge < -0.3 is 9.47 Å². The Labute approximate surface area is 162 Å². The fourth-order valence-corrected chi connectivity index (χ4v) is 3.29. The molecular formula is C23H29NO3. The van der Waals surface area contributed by atoms with E-state index in [0.717, 1.165) is 22.3 Å². The van der Waals surface area contributed by atoms with Crippen LogP contribution >= 0.6 is 0 Å². The highest BCUT2D eigenvalue weighted by Crippen LogP contribution is 2.50. The number of nitriles is 1. The lowest BCUT2D eigenvalue weighted by Gasteiger charge is -2.20. The first kappa shape index (κ1) is 20.8. The molecule has 0 aliphatic heterocycles. The maximum atomic E-state index is 12.9. The number of ether oxygens (including phenoxy) is 2. The second-order valence-electron chi connectivity index (χ2n) is 8.97. The molecule has 1 aliphatic carbocycles. The molecule has 1 aromatic rings. The van der Waals surface area contributed by atoms with Gasteiger partial charge in [-0.3, -0.25) is 4.79 Å². The van der Waals surface area contributed by atoms with Crippen LogP contribution in [0, 0.1) is 16.7 Å². The number of hydrogen-bond donors (Lipinski definition) is 0. The Morgan fingerprint density at radius 3 is 2.33 bits per heavy atom. The van der Waals surface area contributed by atoms with Gasteiger partial charge in [0, 0.05) is 5.41 Å². The van der Waals surface area contributed by atoms with Crippen LogP contribution in [0.2, 0.25) is 0 Å². The molecule has 0 saturated heterocycles. The zero-order valence-corrected chi connectivity index (χ0v) is 17.6. The third-order valence-electron chi connectivity index (χ3n) is 4.72. The second-order valence-corrected chi connectivity index (χ2v) is 8.97. The van der Waals surface area contributed by atoms with E-state index in [1.165, 1.54) is 0 Å². The van der Waals surface area contributed by atoms with E-state index >= 15 is 0 Å². The van der Waals surface area contributed by atoms with Crippen LogP contribution < -0.4 is 9.47 Å². The molecule has 144 valence electrons. The molecule has 0 spiro atoms. The summed E-state index contributed by atoms with van der Waals surface area (Å²) in [4.78, 5) is 12.9. The van der Waals surface area contributed by atoms with Crippen LogP contribution in [-0.4, -0.2) is 12.9 Å². The number of hydrogen-bond acceptors (Lipinski definition) is 4. The fraction of sp³-hybridized carbons (Fsp3) is 0.478. The molecule has 0 unspecified atom stereocenters. The Bertz CT molecular complexity index is 870. The molecule has 0 aromatic heterocycles. The largest absolute Gasteiger partial charge is 0.493 e. The van der Waals surface area contributed by atoms with Crippen LogP contribution in [0.3, 0.4) is 0 Å². The summed E-state index contributed by atoms with van der Waals surface area (Å²) in [6.07, 6.45) is 2.29. The number of ketones is 1. The van der Waals surface area contributed by atoms with Crippen LogP contribution in [0.4, 0.5) is 0 Å². The van der Waals surface area contributed by atoms with E-state index in [4.69, 9.17) is 9.47 Å². The van der Waals surface area contributed by atoms with Crippen LogP contribution in [0.25, 0.3) is 5.57 Å². The number of Topliss-reactive ketones (excluding diaryl/α,β-unsaturated/α-hetero) is 1. The van der Waals surface area contributed by atoms with Gasteiger partial charge in [0.2, 0.25) is 0 Å². The highest BCUT2D eigenvalue weighted by molar-refractivity contribution is 6.09. The third-order valence-corrected chi connectivity index (χ3v) is 4.72. The van der Waals surface area contributed by atoms with E-state index in [9.17, 15) is 10.1 Å². The Balaban J connectivity index is 2.75. The highest BCUT2D eigenvalue weighted by atomic mass is 16.5. The van der Waals surface area contributed by atoms with E-state index < -0.39 is 5.41 Å². The van der Waals surface area contributed by atoms with Crippen LogP contribution in [0.15, 0.2) is 29.5 Å². The summed E-state index contributed by atoms with van der Waals surface area (Å²) in [5.74, 6) is 1.08. The number of carbonyl (C=O) groups is 1. The minimum absolute atomic E-state index is 0.133. The molecule has 4 nitrogen and oxygen atoms in total. The minimum atomic E-state index is -0.612. The van der Waals surface area contributed by atoms with Crippen molar-refractivity contribution in [2.45, 2.75) is 60.3 Å². The number of fused-ring (bicyclic) bond motifs is 1. The smallest absolute Gasteiger partial charge is 0.178 e. The van der Waals surface area contributed by atoms with Gasteiger partial charge in [0.15, 0.2) is 17.3 Å². The van der Waals surface area contributed by atoms with E-state index in [2.05, 4.69) is 19.9 Å². The molecule has 0 N–H and O–H groups in total. The average molecular weight is 367 g/mol. The number of carbonyl (C=O) groups excluding carboxylic acids is 1. The zero-order valence-electron chi connectivity index (χ0n) is 17.6. The van der Waals surface area contributed by atoms with Crippen molar-refractivity contribution in [2.24, 2.45) is 5.41 Å². The molecule has 0 bridgehead atoms. The molecule has 0 amide bonds. The van der Waals surface area contributed by atoms with E-state index in [0.29, 0.717) is 17.9 Å². The SMILES string of the molecule is COc1cc2c(cc1OC=C(C)C)/C(=C(\C#N)C(=O)C(C)(C)C)CC2(C)C. The van der Waals surface area contributed by atoms with E-state index in [1.54, 1.807) is 13.4 Å². The Kier molecular flexibility index (Phi) is 5.56. The van der Waals surface area contributed by atoms with Gasteiger partial charge in [-0.15, -0.1) is 0 Å². The first-order valence-corrected chi connectivity index (χ1v) is 9.13. The summed E-state index contributed by atoms with van der Waals surface area (Å²) in [6.45, 7) is 13.6. The topological polar surface area (TPSA) is 59.3 Å². The molecule has 0 radical (unpaired) electrons. The molecule has 2 rings (SSSR count). The molecule has 0 heterocycles. The van der Waals surface area contributed by atoms with Crippen molar-refractivity contribution < 1.29 is 14.3 Å². The van der Waals surface area contributed by atoms with Crippen molar-refractivity contribution in [1.82, 2.24) is 0 Å². The van der Waals surface area contributed by atoms with Crippen molar-refractivity contribution in [3.63, 3.8) is 0 Å². The first-order valence-electron chi connectivity index (χ1n) is 9.13. The summed E-state index contributed by atoms with van der Waals surface area (Å²) < 4.78 is 11.3. The number of methoxy groups -OCH3 is 1. The first-order chi connectivity index (χ1) is 12.4. The van der Waals surface area contributed by atoms with Gasteiger partial charge in [0.1, 0.15) is 6.07 Å². The third kappa shape index (κ3) is 4.08. The number of benzene rings is 1. The zero-order chi connectivity index (χ0) is 20.6.